The van der Waals surface area contributed by atoms with Crippen molar-refractivity contribution < 1.29 is 22.8 Å². The van der Waals surface area contributed by atoms with Gasteiger partial charge in [-0.2, -0.15) is 16.1 Å². The molecule has 2 heterocycles. The molecule has 3 rings (SSSR count). The second-order valence-electron chi connectivity index (χ2n) is 7.60. The molecular formula is C20H28N4O5S2. The minimum atomic E-state index is -3.65. The number of benzene rings is 1. The Morgan fingerprint density at radius 1 is 1.19 bits per heavy atom. The van der Waals surface area contributed by atoms with Crippen molar-refractivity contribution in [1.82, 2.24) is 14.5 Å². The summed E-state index contributed by atoms with van der Waals surface area (Å²) in [7, 11) is -3.65. The van der Waals surface area contributed by atoms with Gasteiger partial charge in [-0.3, -0.25) is 14.5 Å². The van der Waals surface area contributed by atoms with E-state index in [-0.39, 0.29) is 4.90 Å². The zero-order valence-corrected chi connectivity index (χ0v) is 19.1. The van der Waals surface area contributed by atoms with E-state index in [1.807, 2.05) is 6.26 Å². The Hall–Kier alpha value is -2.11. The van der Waals surface area contributed by atoms with E-state index in [2.05, 4.69) is 10.6 Å². The van der Waals surface area contributed by atoms with E-state index >= 15 is 0 Å². The Morgan fingerprint density at radius 3 is 2.58 bits per heavy atom. The van der Waals surface area contributed by atoms with E-state index in [0.29, 0.717) is 25.2 Å². The minimum Gasteiger partial charge on any atom is -0.326 e. The molecule has 0 saturated carbocycles. The van der Waals surface area contributed by atoms with Crippen molar-refractivity contribution in [2.24, 2.45) is 0 Å². The monoisotopic (exact) mass is 468 g/mol. The van der Waals surface area contributed by atoms with E-state index in [0.717, 1.165) is 36.3 Å². The van der Waals surface area contributed by atoms with Gasteiger partial charge in [-0.15, -0.1) is 0 Å². The Labute approximate surface area is 187 Å². The van der Waals surface area contributed by atoms with E-state index in [1.54, 1.807) is 23.9 Å². The van der Waals surface area contributed by atoms with Gasteiger partial charge < -0.3 is 10.6 Å². The number of hydrogen-bond acceptors (Lipinski definition) is 6. The number of rotatable bonds is 8. The van der Waals surface area contributed by atoms with Crippen molar-refractivity contribution in [3.05, 3.63) is 24.3 Å². The van der Waals surface area contributed by atoms with Crippen LogP contribution in [0.25, 0.3) is 0 Å². The first kappa shape index (κ1) is 23.6. The van der Waals surface area contributed by atoms with Crippen molar-refractivity contribution in [3.8, 4) is 0 Å². The van der Waals surface area contributed by atoms with Crippen LogP contribution in [0.4, 0.5) is 10.5 Å². The molecule has 170 valence electrons. The van der Waals surface area contributed by atoms with Crippen molar-refractivity contribution in [2.75, 3.05) is 37.0 Å². The second-order valence-corrected chi connectivity index (χ2v) is 10.5. The summed E-state index contributed by atoms with van der Waals surface area (Å²) in [4.78, 5) is 37.9. The molecule has 1 atom stereocenters. The number of urea groups is 1. The quantitative estimate of drug-likeness (QED) is 0.563. The predicted molar refractivity (Wildman–Crippen MR) is 119 cm³/mol. The average Bonchev–Trinajstić information content (AvgIpc) is 2.94. The van der Waals surface area contributed by atoms with Gasteiger partial charge in [-0.25, -0.2) is 13.2 Å². The first-order valence-electron chi connectivity index (χ1n) is 10.3. The number of hydrogen-bond donors (Lipinski definition) is 2. The zero-order valence-electron chi connectivity index (χ0n) is 17.5. The predicted octanol–water partition coefficient (Wildman–Crippen LogP) is 1.86. The summed E-state index contributed by atoms with van der Waals surface area (Å²) in [5, 5.41) is 5.18. The summed E-state index contributed by atoms with van der Waals surface area (Å²) < 4.78 is 27.4. The van der Waals surface area contributed by atoms with Gasteiger partial charge in [0.25, 0.3) is 5.91 Å². The molecule has 11 heteroatoms. The molecule has 31 heavy (non-hydrogen) atoms. The van der Waals surface area contributed by atoms with Crippen molar-refractivity contribution >= 4 is 45.3 Å². The average molecular weight is 469 g/mol. The molecular weight excluding hydrogens is 440 g/mol. The molecule has 0 aliphatic carbocycles. The van der Waals surface area contributed by atoms with Crippen LogP contribution in [0.1, 0.15) is 32.1 Å². The molecule has 2 N–H and O–H groups in total. The standard InChI is InChI=1S/C20H28N4O5S2/c1-30-12-9-17-19(26)24(20(27)22-17)14-18(25)21-15-7-6-8-16(13-15)31(28,29)23-10-4-2-3-5-11-23/h6-8,13,17H,2-5,9-12,14H2,1H3,(H,21,25)(H,22,27)/t17-/m0/s1. The van der Waals surface area contributed by atoms with E-state index in [9.17, 15) is 22.8 Å². The zero-order chi connectivity index (χ0) is 22.4. The number of thioether (sulfide) groups is 1. The molecule has 2 aliphatic heterocycles. The fraction of sp³-hybridized carbons (Fsp3) is 0.550. The first-order chi connectivity index (χ1) is 14.8. The third-order valence-electron chi connectivity index (χ3n) is 5.34. The van der Waals surface area contributed by atoms with Crippen LogP contribution in [-0.4, -0.2) is 73.2 Å². The highest BCUT2D eigenvalue weighted by atomic mass is 32.2. The summed E-state index contributed by atoms with van der Waals surface area (Å²) in [6.07, 6.45) is 6.11. The summed E-state index contributed by atoms with van der Waals surface area (Å²) in [6.45, 7) is 0.551. The molecule has 4 amide bonds. The highest BCUT2D eigenvalue weighted by Crippen LogP contribution is 2.23. The normalized spacial score (nSPS) is 20.4. The van der Waals surface area contributed by atoms with Gasteiger partial charge in [0.05, 0.1) is 4.90 Å². The van der Waals surface area contributed by atoms with Gasteiger partial charge in [0, 0.05) is 18.8 Å². The van der Waals surface area contributed by atoms with Gasteiger partial charge in [0.1, 0.15) is 12.6 Å². The molecule has 0 unspecified atom stereocenters. The van der Waals surface area contributed by atoms with Crippen LogP contribution >= 0.6 is 11.8 Å². The summed E-state index contributed by atoms with van der Waals surface area (Å²) in [5.41, 5.74) is 0.298. The minimum absolute atomic E-state index is 0.110. The van der Waals surface area contributed by atoms with E-state index in [4.69, 9.17) is 0 Å². The largest absolute Gasteiger partial charge is 0.326 e. The van der Waals surface area contributed by atoms with Gasteiger partial charge in [-0.05, 0) is 49.5 Å². The van der Waals surface area contributed by atoms with Gasteiger partial charge in [0.15, 0.2) is 0 Å². The lowest BCUT2D eigenvalue weighted by Crippen LogP contribution is -2.38. The van der Waals surface area contributed by atoms with E-state index in [1.165, 1.54) is 16.4 Å². The van der Waals surface area contributed by atoms with Crippen LogP contribution in [0, 0.1) is 0 Å². The SMILES string of the molecule is CSCC[C@@H]1NC(=O)N(CC(=O)Nc2cccc(S(=O)(=O)N3CCCCCC3)c2)C1=O. The summed E-state index contributed by atoms with van der Waals surface area (Å²) in [6, 6.07) is 4.84. The summed E-state index contributed by atoms with van der Waals surface area (Å²) >= 11 is 1.57. The second kappa shape index (κ2) is 10.5. The van der Waals surface area contributed by atoms with Gasteiger partial charge in [0.2, 0.25) is 15.9 Å². The van der Waals surface area contributed by atoms with Gasteiger partial charge >= 0.3 is 6.03 Å². The molecule has 0 spiro atoms. The molecule has 0 bridgehead atoms. The van der Waals surface area contributed by atoms with Crippen LogP contribution < -0.4 is 10.6 Å². The molecule has 9 nitrogen and oxygen atoms in total. The lowest BCUT2D eigenvalue weighted by Gasteiger charge is -2.20. The van der Waals surface area contributed by atoms with Crippen molar-refractivity contribution in [3.63, 3.8) is 0 Å². The number of carbonyl (C=O) groups is 3. The fourth-order valence-electron chi connectivity index (χ4n) is 3.67. The van der Waals surface area contributed by atoms with Crippen LogP contribution in [0.3, 0.4) is 0 Å². The van der Waals surface area contributed by atoms with Crippen molar-refractivity contribution in [1.29, 1.82) is 0 Å². The van der Waals surface area contributed by atoms with E-state index < -0.39 is 40.5 Å². The Balaban J connectivity index is 1.65. The maximum atomic E-state index is 13.0. The van der Waals surface area contributed by atoms with Crippen LogP contribution in [-0.2, 0) is 19.6 Å². The maximum Gasteiger partial charge on any atom is 0.325 e. The van der Waals surface area contributed by atoms with Crippen LogP contribution in [0.2, 0.25) is 0 Å². The molecule has 1 aromatic rings. The molecule has 2 saturated heterocycles. The number of carbonyl (C=O) groups excluding carboxylic acids is 3. The highest BCUT2D eigenvalue weighted by Gasteiger charge is 2.38. The Morgan fingerprint density at radius 2 is 1.90 bits per heavy atom. The molecule has 2 fully saturated rings. The van der Waals surface area contributed by atoms with Crippen molar-refractivity contribution in [2.45, 2.75) is 43.0 Å². The number of anilines is 1. The first-order valence-corrected chi connectivity index (χ1v) is 13.2. The molecule has 1 aromatic carbocycles. The number of sulfonamides is 1. The third kappa shape index (κ3) is 5.78. The summed E-state index contributed by atoms with van der Waals surface area (Å²) in [5.74, 6) is -0.278. The molecule has 0 aromatic heterocycles. The lowest BCUT2D eigenvalue weighted by atomic mass is 10.2. The topological polar surface area (TPSA) is 116 Å². The smallest absolute Gasteiger partial charge is 0.325 e. The highest BCUT2D eigenvalue weighted by molar-refractivity contribution is 7.98. The fourth-order valence-corrected chi connectivity index (χ4v) is 5.70. The number of nitrogens with one attached hydrogen (secondary N) is 2. The maximum absolute atomic E-state index is 13.0. The van der Waals surface area contributed by atoms with Crippen LogP contribution in [0.15, 0.2) is 29.2 Å². The number of imide groups is 1. The number of amides is 4. The van der Waals surface area contributed by atoms with Crippen LogP contribution in [0.5, 0.6) is 0 Å². The molecule has 2 aliphatic rings. The number of nitrogens with zero attached hydrogens (tertiary/aromatic N) is 2. The molecule has 0 radical (unpaired) electrons. The third-order valence-corrected chi connectivity index (χ3v) is 7.88. The van der Waals surface area contributed by atoms with Gasteiger partial charge in [-0.1, -0.05) is 18.9 Å². The Bertz CT molecular complexity index is 929. The lowest BCUT2D eigenvalue weighted by molar-refractivity contribution is -0.130. The Kier molecular flexibility index (Phi) is 7.95.